The highest BCUT2D eigenvalue weighted by Gasteiger charge is 2.14. The molecule has 0 unspecified atom stereocenters. The molecule has 142 valence electrons. The summed E-state index contributed by atoms with van der Waals surface area (Å²) in [4.78, 5) is 4.63. The molecule has 0 amide bonds. The molecular weight excluding hydrogens is 348 g/mol. The second-order valence-electron chi connectivity index (χ2n) is 6.97. The maximum absolute atomic E-state index is 8.93. The molecule has 0 bridgehead atoms. The van der Waals surface area contributed by atoms with E-state index < -0.39 is 0 Å². The number of pyridine rings is 1. The Bertz CT molecular complexity index is 1100. The van der Waals surface area contributed by atoms with E-state index in [0.717, 1.165) is 33.7 Å². The van der Waals surface area contributed by atoms with Gasteiger partial charge < -0.3 is 14.8 Å². The highest BCUT2D eigenvalue weighted by atomic mass is 16.3. The first-order valence-corrected chi connectivity index (χ1v) is 9.54. The lowest BCUT2D eigenvalue weighted by Gasteiger charge is -2.10. The van der Waals surface area contributed by atoms with Gasteiger partial charge in [0.1, 0.15) is 5.76 Å². The number of benzene rings is 2. The first kappa shape index (κ1) is 18.4. The van der Waals surface area contributed by atoms with Gasteiger partial charge in [-0.15, -0.1) is 0 Å². The second kappa shape index (κ2) is 7.97. The summed E-state index contributed by atoms with van der Waals surface area (Å²) >= 11 is 0. The summed E-state index contributed by atoms with van der Waals surface area (Å²) in [6.07, 6.45) is 0. The van der Waals surface area contributed by atoms with Crippen LogP contribution in [0.25, 0.3) is 33.4 Å². The normalized spacial score (nSPS) is 11.2. The maximum Gasteiger partial charge on any atom is 0.156 e. The lowest BCUT2D eigenvalue weighted by Crippen LogP contribution is -2.18. The molecule has 0 fully saturated rings. The summed E-state index contributed by atoms with van der Waals surface area (Å²) < 4.78 is 6.21. The third kappa shape index (κ3) is 3.57. The Balaban J connectivity index is 1.74. The van der Waals surface area contributed by atoms with Crippen molar-refractivity contribution in [3.8, 4) is 22.5 Å². The average molecular weight is 372 g/mol. The molecule has 2 aromatic carbocycles. The van der Waals surface area contributed by atoms with Crippen molar-refractivity contribution in [3.63, 3.8) is 0 Å². The first-order valence-electron chi connectivity index (χ1n) is 9.54. The summed E-state index contributed by atoms with van der Waals surface area (Å²) in [6.45, 7) is 5.41. The minimum atomic E-state index is 0.119. The van der Waals surface area contributed by atoms with Gasteiger partial charge in [0.05, 0.1) is 18.0 Å². The molecule has 4 aromatic rings. The Kier molecular flexibility index (Phi) is 5.24. The van der Waals surface area contributed by atoms with E-state index in [9.17, 15) is 0 Å². The van der Waals surface area contributed by atoms with Crippen molar-refractivity contribution in [1.29, 1.82) is 0 Å². The number of nitrogens with one attached hydrogen (secondary N) is 1. The van der Waals surface area contributed by atoms with Crippen LogP contribution in [-0.4, -0.2) is 23.2 Å². The Labute approximate surface area is 164 Å². The topological polar surface area (TPSA) is 58.3 Å². The van der Waals surface area contributed by atoms with Crippen LogP contribution in [-0.2, 0) is 6.54 Å². The molecule has 0 aliphatic rings. The molecule has 4 heteroatoms. The third-order valence-corrected chi connectivity index (χ3v) is 5.00. The Hall–Kier alpha value is -2.95. The number of aromatic nitrogens is 1. The summed E-state index contributed by atoms with van der Waals surface area (Å²) in [5, 5.41) is 13.2. The van der Waals surface area contributed by atoms with Gasteiger partial charge in [-0.3, -0.25) is 4.98 Å². The van der Waals surface area contributed by atoms with Crippen LogP contribution in [0.1, 0.15) is 17.0 Å². The Morgan fingerprint density at radius 1 is 0.964 bits per heavy atom. The minimum absolute atomic E-state index is 0.119. The third-order valence-electron chi connectivity index (χ3n) is 5.00. The first-order chi connectivity index (χ1) is 13.7. The monoisotopic (exact) mass is 372 g/mol. The smallest absolute Gasteiger partial charge is 0.156 e. The molecule has 0 radical (unpaired) electrons. The second-order valence-corrected chi connectivity index (χ2v) is 6.97. The van der Waals surface area contributed by atoms with Gasteiger partial charge in [0.2, 0.25) is 0 Å². The molecule has 4 nitrogen and oxygen atoms in total. The minimum Gasteiger partial charge on any atom is -0.454 e. The van der Waals surface area contributed by atoms with Crippen molar-refractivity contribution in [1.82, 2.24) is 10.3 Å². The van der Waals surface area contributed by atoms with Gasteiger partial charge in [0.25, 0.3) is 0 Å². The van der Waals surface area contributed by atoms with Crippen molar-refractivity contribution in [2.45, 2.75) is 20.4 Å². The largest absolute Gasteiger partial charge is 0.454 e. The van der Waals surface area contributed by atoms with Gasteiger partial charge in [0, 0.05) is 24.0 Å². The van der Waals surface area contributed by atoms with Crippen molar-refractivity contribution in [2.75, 3.05) is 13.2 Å². The van der Waals surface area contributed by atoms with E-state index >= 15 is 0 Å². The SMILES string of the molecule is Cc1c(-c2ccccc2)cccc1-c1cc2cc(CNCCO)nc(C)c2o1. The maximum atomic E-state index is 8.93. The van der Waals surface area contributed by atoms with Crippen LogP contribution in [0, 0.1) is 13.8 Å². The van der Waals surface area contributed by atoms with Gasteiger partial charge in [0.15, 0.2) is 5.58 Å². The number of hydrogen-bond acceptors (Lipinski definition) is 4. The van der Waals surface area contributed by atoms with Gasteiger partial charge >= 0.3 is 0 Å². The van der Waals surface area contributed by atoms with Crippen LogP contribution in [0.2, 0.25) is 0 Å². The molecule has 2 N–H and O–H groups in total. The molecule has 4 rings (SSSR count). The molecule has 0 atom stereocenters. The van der Waals surface area contributed by atoms with Crippen molar-refractivity contribution >= 4 is 11.0 Å². The molecule has 0 spiro atoms. The zero-order valence-electron chi connectivity index (χ0n) is 16.2. The lowest BCUT2D eigenvalue weighted by atomic mass is 9.95. The predicted molar refractivity (Wildman–Crippen MR) is 113 cm³/mol. The average Bonchev–Trinajstić information content (AvgIpc) is 3.13. The van der Waals surface area contributed by atoms with Crippen molar-refractivity contribution < 1.29 is 9.52 Å². The lowest BCUT2D eigenvalue weighted by molar-refractivity contribution is 0.291. The van der Waals surface area contributed by atoms with Crippen LogP contribution >= 0.6 is 0 Å². The Morgan fingerprint density at radius 2 is 1.75 bits per heavy atom. The molecule has 2 aromatic heterocycles. The number of aliphatic hydroxyl groups excluding tert-OH is 1. The highest BCUT2D eigenvalue weighted by Crippen LogP contribution is 2.35. The van der Waals surface area contributed by atoms with E-state index in [4.69, 9.17) is 9.52 Å². The summed E-state index contributed by atoms with van der Waals surface area (Å²) in [5.41, 5.74) is 7.35. The van der Waals surface area contributed by atoms with Gasteiger partial charge in [-0.25, -0.2) is 0 Å². The van der Waals surface area contributed by atoms with Crippen LogP contribution < -0.4 is 5.32 Å². The molecule has 0 aliphatic heterocycles. The Morgan fingerprint density at radius 3 is 2.54 bits per heavy atom. The number of aryl methyl sites for hydroxylation is 1. The molecule has 2 heterocycles. The molecule has 0 aliphatic carbocycles. The number of rotatable bonds is 6. The standard InChI is InChI=1S/C24H24N2O2/c1-16-21(18-7-4-3-5-8-18)9-6-10-22(16)23-14-19-13-20(15-25-11-12-27)26-17(2)24(19)28-23/h3-10,13-14,25,27H,11-12,15H2,1-2H3. The van der Waals surface area contributed by atoms with Gasteiger partial charge in [-0.1, -0.05) is 48.5 Å². The summed E-state index contributed by atoms with van der Waals surface area (Å²) in [6, 6.07) is 20.9. The van der Waals surface area contributed by atoms with E-state index in [1.54, 1.807) is 0 Å². The number of hydrogen-bond donors (Lipinski definition) is 2. The van der Waals surface area contributed by atoms with E-state index in [-0.39, 0.29) is 6.61 Å². The van der Waals surface area contributed by atoms with Crippen LogP contribution in [0.5, 0.6) is 0 Å². The van der Waals surface area contributed by atoms with Crippen LogP contribution in [0.15, 0.2) is 65.1 Å². The van der Waals surface area contributed by atoms with Gasteiger partial charge in [-0.05, 0) is 42.7 Å². The zero-order chi connectivity index (χ0) is 19.5. The molecule has 0 saturated carbocycles. The molecule has 28 heavy (non-hydrogen) atoms. The van der Waals surface area contributed by atoms with Crippen LogP contribution in [0.4, 0.5) is 0 Å². The fourth-order valence-corrected chi connectivity index (χ4v) is 3.62. The fraction of sp³-hybridized carbons (Fsp3) is 0.208. The van der Waals surface area contributed by atoms with E-state index in [1.165, 1.54) is 16.7 Å². The molecule has 0 saturated heterocycles. The fourth-order valence-electron chi connectivity index (χ4n) is 3.62. The molecular formula is C24H24N2O2. The van der Waals surface area contributed by atoms with Crippen LogP contribution in [0.3, 0.4) is 0 Å². The quantitative estimate of drug-likeness (QED) is 0.475. The number of furan rings is 1. The highest BCUT2D eigenvalue weighted by molar-refractivity contribution is 5.86. The summed E-state index contributed by atoms with van der Waals surface area (Å²) in [5.74, 6) is 0.857. The van der Waals surface area contributed by atoms with E-state index in [1.807, 2.05) is 13.0 Å². The van der Waals surface area contributed by atoms with E-state index in [2.05, 4.69) is 71.8 Å². The number of nitrogens with zero attached hydrogens (tertiary/aromatic N) is 1. The summed E-state index contributed by atoms with van der Waals surface area (Å²) in [7, 11) is 0. The zero-order valence-corrected chi connectivity index (χ0v) is 16.2. The number of aliphatic hydroxyl groups is 1. The van der Waals surface area contributed by atoms with E-state index in [0.29, 0.717) is 13.1 Å². The number of fused-ring (bicyclic) bond motifs is 1. The van der Waals surface area contributed by atoms with Gasteiger partial charge in [-0.2, -0.15) is 0 Å². The predicted octanol–water partition coefficient (Wildman–Crippen LogP) is 4.86. The van der Waals surface area contributed by atoms with Crippen molar-refractivity contribution in [3.05, 3.63) is 77.6 Å². The van der Waals surface area contributed by atoms with Crippen molar-refractivity contribution in [2.24, 2.45) is 0 Å².